The Hall–Kier alpha value is -0.770. The van der Waals surface area contributed by atoms with Gasteiger partial charge in [0.15, 0.2) is 5.13 Å². The third-order valence-corrected chi connectivity index (χ3v) is 4.37. The van der Waals surface area contributed by atoms with Crippen LogP contribution >= 0.6 is 11.3 Å². The molecule has 2 rings (SSSR count). The Labute approximate surface area is 107 Å². The maximum atomic E-state index is 9.71. The summed E-state index contributed by atoms with van der Waals surface area (Å²) in [6.45, 7) is 2.12. The molecule has 0 aliphatic heterocycles. The molecule has 3 nitrogen and oxygen atoms in total. The highest BCUT2D eigenvalue weighted by Gasteiger charge is 2.15. The van der Waals surface area contributed by atoms with Gasteiger partial charge < -0.3 is 10.4 Å². The SMILES string of the molecule is CCCc1sc(NC2CCCCCC2)nc1O. The Balaban J connectivity index is 1.95. The summed E-state index contributed by atoms with van der Waals surface area (Å²) >= 11 is 1.61. The van der Waals surface area contributed by atoms with Crippen molar-refractivity contribution < 1.29 is 5.11 Å². The summed E-state index contributed by atoms with van der Waals surface area (Å²) in [4.78, 5) is 5.23. The molecule has 1 heterocycles. The highest BCUT2D eigenvalue weighted by Crippen LogP contribution is 2.31. The van der Waals surface area contributed by atoms with Crippen molar-refractivity contribution in [2.75, 3.05) is 5.32 Å². The molecule has 1 aliphatic rings. The zero-order valence-corrected chi connectivity index (χ0v) is 11.4. The monoisotopic (exact) mass is 254 g/mol. The molecule has 0 saturated heterocycles. The molecule has 1 fully saturated rings. The summed E-state index contributed by atoms with van der Waals surface area (Å²) in [7, 11) is 0. The minimum atomic E-state index is 0.230. The molecule has 0 amide bonds. The Bertz CT molecular complexity index is 343. The van der Waals surface area contributed by atoms with Crippen molar-refractivity contribution in [3.8, 4) is 5.88 Å². The molecule has 0 bridgehead atoms. The first-order chi connectivity index (χ1) is 8.29. The molecule has 1 aliphatic carbocycles. The van der Waals surface area contributed by atoms with Gasteiger partial charge in [-0.05, 0) is 19.3 Å². The molecule has 4 heteroatoms. The lowest BCUT2D eigenvalue weighted by Crippen LogP contribution is -2.17. The van der Waals surface area contributed by atoms with Gasteiger partial charge in [-0.3, -0.25) is 0 Å². The van der Waals surface area contributed by atoms with E-state index in [0.717, 1.165) is 22.9 Å². The van der Waals surface area contributed by atoms with Crippen LogP contribution in [0.15, 0.2) is 0 Å². The van der Waals surface area contributed by atoms with Gasteiger partial charge in [0.25, 0.3) is 0 Å². The summed E-state index contributed by atoms with van der Waals surface area (Å²) in [5, 5.41) is 14.1. The van der Waals surface area contributed by atoms with Crippen molar-refractivity contribution in [1.82, 2.24) is 4.98 Å². The summed E-state index contributed by atoms with van der Waals surface area (Å²) in [5.74, 6) is 0.230. The fraction of sp³-hybridized carbons (Fsp3) is 0.769. The van der Waals surface area contributed by atoms with Gasteiger partial charge in [-0.1, -0.05) is 50.4 Å². The van der Waals surface area contributed by atoms with Crippen LogP contribution in [0.1, 0.15) is 56.7 Å². The fourth-order valence-corrected chi connectivity index (χ4v) is 3.43. The first kappa shape index (κ1) is 12.7. The molecule has 0 radical (unpaired) electrons. The number of rotatable bonds is 4. The standard InChI is InChI=1S/C13H22N2OS/c1-2-7-11-12(16)15-13(17-11)14-10-8-5-3-4-6-9-10/h10,16H,2-9H2,1H3,(H,14,15). The van der Waals surface area contributed by atoms with Crippen molar-refractivity contribution in [3.05, 3.63) is 4.88 Å². The van der Waals surface area contributed by atoms with Gasteiger partial charge in [0, 0.05) is 6.04 Å². The summed E-state index contributed by atoms with van der Waals surface area (Å²) < 4.78 is 0. The van der Waals surface area contributed by atoms with E-state index in [9.17, 15) is 5.11 Å². The van der Waals surface area contributed by atoms with Crippen LogP contribution in [0.25, 0.3) is 0 Å². The van der Waals surface area contributed by atoms with Crippen molar-refractivity contribution in [1.29, 1.82) is 0 Å². The van der Waals surface area contributed by atoms with Gasteiger partial charge in [-0.25, -0.2) is 0 Å². The number of thiazole rings is 1. The lowest BCUT2D eigenvalue weighted by molar-refractivity contribution is 0.451. The van der Waals surface area contributed by atoms with Gasteiger partial charge in [-0.2, -0.15) is 4.98 Å². The first-order valence-electron chi connectivity index (χ1n) is 6.74. The van der Waals surface area contributed by atoms with E-state index in [1.165, 1.54) is 38.5 Å². The third-order valence-electron chi connectivity index (χ3n) is 3.34. The highest BCUT2D eigenvalue weighted by atomic mass is 32.1. The number of nitrogens with one attached hydrogen (secondary N) is 1. The van der Waals surface area contributed by atoms with E-state index in [4.69, 9.17) is 0 Å². The van der Waals surface area contributed by atoms with E-state index < -0.39 is 0 Å². The maximum absolute atomic E-state index is 9.71. The van der Waals surface area contributed by atoms with E-state index in [2.05, 4.69) is 17.2 Å². The van der Waals surface area contributed by atoms with Crippen LogP contribution in [0, 0.1) is 0 Å². The van der Waals surface area contributed by atoms with Crippen LogP contribution in [-0.2, 0) is 6.42 Å². The van der Waals surface area contributed by atoms with Gasteiger partial charge in [-0.15, -0.1) is 0 Å². The molecular formula is C13H22N2OS. The molecule has 1 aromatic rings. The smallest absolute Gasteiger partial charge is 0.227 e. The number of hydrogen-bond donors (Lipinski definition) is 2. The maximum Gasteiger partial charge on any atom is 0.227 e. The molecule has 0 aromatic carbocycles. The van der Waals surface area contributed by atoms with E-state index in [-0.39, 0.29) is 5.88 Å². The Kier molecular flexibility index (Phi) is 4.66. The molecule has 0 unspecified atom stereocenters. The lowest BCUT2D eigenvalue weighted by Gasteiger charge is -2.14. The van der Waals surface area contributed by atoms with Crippen LogP contribution in [0.2, 0.25) is 0 Å². The molecule has 96 valence electrons. The van der Waals surface area contributed by atoms with Gasteiger partial charge >= 0.3 is 0 Å². The molecule has 17 heavy (non-hydrogen) atoms. The zero-order chi connectivity index (χ0) is 12.1. The average Bonchev–Trinajstić information content (AvgIpc) is 2.54. The minimum absolute atomic E-state index is 0.230. The normalized spacial score (nSPS) is 17.9. The zero-order valence-electron chi connectivity index (χ0n) is 10.5. The third kappa shape index (κ3) is 3.60. The van der Waals surface area contributed by atoms with E-state index in [1.807, 2.05) is 0 Å². The quantitative estimate of drug-likeness (QED) is 0.800. The summed E-state index contributed by atoms with van der Waals surface area (Å²) in [6, 6.07) is 0.553. The van der Waals surface area contributed by atoms with Crippen molar-refractivity contribution in [2.24, 2.45) is 0 Å². The van der Waals surface area contributed by atoms with Crippen LogP contribution in [0.5, 0.6) is 5.88 Å². The molecular weight excluding hydrogens is 232 g/mol. The predicted octanol–water partition coefficient (Wildman–Crippen LogP) is 3.94. The second-order valence-corrected chi connectivity index (χ2v) is 5.93. The Morgan fingerprint density at radius 3 is 2.65 bits per heavy atom. The van der Waals surface area contributed by atoms with Crippen molar-refractivity contribution in [2.45, 2.75) is 64.3 Å². The second-order valence-electron chi connectivity index (χ2n) is 4.85. The number of aromatic nitrogens is 1. The summed E-state index contributed by atoms with van der Waals surface area (Å²) in [6.07, 6.45) is 9.82. The number of nitrogens with zero attached hydrogens (tertiary/aromatic N) is 1. The summed E-state index contributed by atoms with van der Waals surface area (Å²) in [5.41, 5.74) is 0. The lowest BCUT2D eigenvalue weighted by atomic mass is 10.1. The topological polar surface area (TPSA) is 45.2 Å². The fourth-order valence-electron chi connectivity index (χ4n) is 2.39. The Morgan fingerprint density at radius 2 is 2.00 bits per heavy atom. The molecule has 2 N–H and O–H groups in total. The number of hydrogen-bond acceptors (Lipinski definition) is 4. The molecule has 0 atom stereocenters. The van der Waals surface area contributed by atoms with Crippen molar-refractivity contribution >= 4 is 16.5 Å². The molecule has 1 aromatic heterocycles. The Morgan fingerprint density at radius 1 is 1.29 bits per heavy atom. The van der Waals surface area contributed by atoms with Crippen LogP contribution in [-0.4, -0.2) is 16.1 Å². The molecule has 0 spiro atoms. The highest BCUT2D eigenvalue weighted by molar-refractivity contribution is 7.15. The predicted molar refractivity (Wildman–Crippen MR) is 72.9 cm³/mol. The van der Waals surface area contributed by atoms with Gasteiger partial charge in [0.1, 0.15) is 0 Å². The van der Waals surface area contributed by atoms with E-state index in [0.29, 0.717) is 6.04 Å². The van der Waals surface area contributed by atoms with Crippen LogP contribution in [0.4, 0.5) is 5.13 Å². The first-order valence-corrected chi connectivity index (χ1v) is 7.56. The van der Waals surface area contributed by atoms with Crippen molar-refractivity contribution in [3.63, 3.8) is 0 Å². The van der Waals surface area contributed by atoms with Gasteiger partial charge in [0.2, 0.25) is 5.88 Å². The van der Waals surface area contributed by atoms with Crippen LogP contribution < -0.4 is 5.32 Å². The number of anilines is 1. The van der Waals surface area contributed by atoms with Crippen LogP contribution in [0.3, 0.4) is 0 Å². The molecule has 1 saturated carbocycles. The number of aromatic hydroxyl groups is 1. The van der Waals surface area contributed by atoms with Gasteiger partial charge in [0.05, 0.1) is 4.88 Å². The minimum Gasteiger partial charge on any atom is -0.492 e. The second kappa shape index (κ2) is 6.24. The van der Waals surface area contributed by atoms with E-state index in [1.54, 1.807) is 11.3 Å². The average molecular weight is 254 g/mol. The van der Waals surface area contributed by atoms with E-state index >= 15 is 0 Å². The largest absolute Gasteiger partial charge is 0.492 e. The number of aryl methyl sites for hydroxylation is 1.